The number of carbonyl (C=O) groups excluding carboxylic acids is 2. The third kappa shape index (κ3) is 24.8. The zero-order valence-electron chi connectivity index (χ0n) is 28.2. The molecule has 0 saturated carbocycles. The molecule has 0 atom stereocenters. The van der Waals surface area contributed by atoms with Crippen LogP contribution >= 0.6 is 0 Å². The molecule has 51 heavy (non-hydrogen) atoms. The van der Waals surface area contributed by atoms with Crippen LogP contribution in [0.4, 0.5) is 5.69 Å². The molecule has 18 nitrogen and oxygen atoms in total. The number of ether oxygens (including phenoxy) is 2. The van der Waals surface area contributed by atoms with Gasteiger partial charge in [-0.1, -0.05) is 30.3 Å². The van der Waals surface area contributed by atoms with Crippen LogP contribution < -0.4 is 71.0 Å². The van der Waals surface area contributed by atoms with Crippen molar-refractivity contribution in [1.82, 2.24) is 5.43 Å². The van der Waals surface area contributed by atoms with E-state index in [4.69, 9.17) is 44.7 Å². The van der Waals surface area contributed by atoms with Gasteiger partial charge >= 0.3 is 66.3 Å². The number of aromatic carboxylic acids is 1. The van der Waals surface area contributed by atoms with Crippen molar-refractivity contribution >= 4 is 35.3 Å². The number of carboxylic acid groups (broad SMARTS) is 1. The van der Waals surface area contributed by atoms with Crippen molar-refractivity contribution in [3.63, 3.8) is 0 Å². The van der Waals surface area contributed by atoms with E-state index < -0.39 is 11.9 Å². The van der Waals surface area contributed by atoms with Crippen molar-refractivity contribution in [1.29, 1.82) is 15.8 Å². The number of nitrogen functional groups attached to an aromatic ring is 1. The van der Waals surface area contributed by atoms with Crippen LogP contribution in [0.2, 0.25) is 0 Å². The van der Waals surface area contributed by atoms with Gasteiger partial charge in [0.2, 0.25) is 18.6 Å². The molecule has 3 aromatic rings. The van der Waals surface area contributed by atoms with Gasteiger partial charge in [-0.25, -0.2) is 14.4 Å². The molecule has 0 spiro atoms. The molecule has 3 aromatic carbocycles. The van der Waals surface area contributed by atoms with Crippen LogP contribution in [0, 0.1) is 40.9 Å². The number of rotatable bonds is 7. The summed E-state index contributed by atoms with van der Waals surface area (Å²) in [6.07, 6.45) is 5.20. The van der Waals surface area contributed by atoms with Crippen LogP contribution in [0.3, 0.4) is 0 Å². The van der Waals surface area contributed by atoms with E-state index in [1.54, 1.807) is 78.5 Å². The second-order valence-corrected chi connectivity index (χ2v) is 8.41. The average Bonchev–Trinajstić information content (AvgIpc) is 3.05. The van der Waals surface area contributed by atoms with Crippen molar-refractivity contribution in [2.45, 2.75) is 12.8 Å². The minimum atomic E-state index is -0.993. The van der Waals surface area contributed by atoms with E-state index in [9.17, 15) is 14.4 Å². The normalized spacial score (nSPS) is 8.82. The van der Waals surface area contributed by atoms with E-state index in [0.717, 1.165) is 5.56 Å². The third-order valence-corrected chi connectivity index (χ3v) is 5.09. The maximum atomic E-state index is 11.2. The van der Waals surface area contributed by atoms with Gasteiger partial charge in [0, 0.05) is 18.5 Å². The van der Waals surface area contributed by atoms with Crippen molar-refractivity contribution in [3.05, 3.63) is 112 Å². The fourth-order valence-electron chi connectivity index (χ4n) is 3.17. The third-order valence-electron chi connectivity index (χ3n) is 5.09. The van der Waals surface area contributed by atoms with Gasteiger partial charge in [-0.05, 0) is 59.0 Å². The number of aliphatic imine (C=N–C) groups is 2. The minimum absolute atomic E-state index is 0. The molecule has 0 heterocycles. The number of carbonyl (C=O) groups is 3. The van der Waals surface area contributed by atoms with Crippen molar-refractivity contribution in [2.75, 3.05) is 20.0 Å². The Balaban J connectivity index is -0.000000189. The maximum Gasteiger partial charge on any atom is 1.00 e. The number of nitrogens with zero attached hydrogens (tertiary/aromatic N) is 6. The van der Waals surface area contributed by atoms with E-state index in [2.05, 4.69) is 24.4 Å². The van der Waals surface area contributed by atoms with E-state index in [1.807, 2.05) is 0 Å². The molecule has 0 fully saturated rings. The molecule has 0 amide bonds. The zero-order chi connectivity index (χ0) is 35.6. The van der Waals surface area contributed by atoms with E-state index in [-0.39, 0.29) is 89.0 Å². The number of esters is 2. The summed E-state index contributed by atoms with van der Waals surface area (Å²) in [6, 6.07) is 19.8. The number of methoxy groups -OCH3 is 2. The SMILES string of the molecule is COC(=O)c1cccc(CC(N)=NC#N)c1.COC(=O)c1cccc(N)c1.N#CN=C(N)Cc1cccc(C(=O)O)c1.O.[C-]#[N+]NC#N.[Li+].[Na+].[OH-]. The molecule has 0 unspecified atom stereocenters. The molecule has 0 aliphatic carbocycles. The Kier molecular flexibility index (Phi) is 34.9. The van der Waals surface area contributed by atoms with Gasteiger partial charge < -0.3 is 42.7 Å². The molecule has 0 aliphatic heterocycles. The monoisotopic (exact) mass is 703 g/mol. The second kappa shape index (κ2) is 32.6. The number of hydrogen-bond donors (Lipinski definition) is 5. The summed E-state index contributed by atoms with van der Waals surface area (Å²) in [4.78, 5) is 42.0. The minimum Gasteiger partial charge on any atom is -0.870 e. The van der Waals surface area contributed by atoms with Crippen LogP contribution in [0.25, 0.3) is 4.95 Å². The summed E-state index contributed by atoms with van der Waals surface area (Å²) in [5, 5.41) is 32.8. The van der Waals surface area contributed by atoms with Crippen LogP contribution in [0.1, 0.15) is 42.2 Å². The van der Waals surface area contributed by atoms with Gasteiger partial charge in [-0.15, -0.1) is 4.95 Å². The first-order valence-corrected chi connectivity index (χ1v) is 12.8. The predicted molar refractivity (Wildman–Crippen MR) is 176 cm³/mol. The number of nitriles is 3. The van der Waals surface area contributed by atoms with E-state index >= 15 is 0 Å². The number of nitrogens with two attached hydrogens (primary N) is 3. The number of hydrogen-bond acceptors (Lipinski definition) is 13. The van der Waals surface area contributed by atoms with Crippen molar-refractivity contribution < 1.29 is 88.3 Å². The quantitative estimate of drug-likeness (QED) is 0.0178. The molecule has 20 heteroatoms. The molecule has 256 valence electrons. The predicted octanol–water partition coefficient (Wildman–Crippen LogP) is -4.43. The Morgan fingerprint density at radius 3 is 1.55 bits per heavy atom. The topological polar surface area (TPSA) is 342 Å². The summed E-state index contributed by atoms with van der Waals surface area (Å²) in [5.74, 6) is -1.38. The van der Waals surface area contributed by atoms with Crippen LogP contribution in [-0.2, 0) is 22.3 Å². The van der Waals surface area contributed by atoms with Crippen molar-refractivity contribution in [3.8, 4) is 18.6 Å². The summed E-state index contributed by atoms with van der Waals surface area (Å²) in [7, 11) is 2.66. The standard InChI is InChI=1S/C11H11N3O2.C10H9N3O2.C8H9NO2.C2HN3.Li.Na.2H2O/c1-16-11(15)9-4-2-3-8(5-9)6-10(13)14-7-12;11-6-13-9(12)5-7-2-1-3-8(4-7)10(14)15;1-11-8(10)6-3-2-4-7(9)5-6;1-4-5-2-3;;;;/h2-5H,6H2,1H3,(H2,13,14);1-4H,5H2,(H2,12,13)(H,14,15);2-5H,9H2,1H3;5H;;;2*1H2/q;;;;2*+1;;/p-1. The van der Waals surface area contributed by atoms with Crippen LogP contribution in [0.5, 0.6) is 0 Å². The van der Waals surface area contributed by atoms with Crippen molar-refractivity contribution in [2.24, 2.45) is 21.5 Å². The second-order valence-electron chi connectivity index (χ2n) is 8.41. The number of carboxylic acids is 1. The molecule has 11 N–H and O–H groups in total. The fourth-order valence-corrected chi connectivity index (χ4v) is 3.17. The van der Waals surface area contributed by atoms with Gasteiger partial charge in [-0.2, -0.15) is 32.3 Å². The molecule has 3 rings (SSSR count). The van der Waals surface area contributed by atoms with Gasteiger partial charge in [0.25, 0.3) is 0 Å². The number of amidine groups is 2. The summed E-state index contributed by atoms with van der Waals surface area (Å²) >= 11 is 0. The maximum absolute atomic E-state index is 11.2. The largest absolute Gasteiger partial charge is 1.00 e. The summed E-state index contributed by atoms with van der Waals surface area (Å²) in [5.41, 5.74) is 21.3. The van der Waals surface area contributed by atoms with E-state index in [1.165, 1.54) is 32.5 Å². The van der Waals surface area contributed by atoms with Gasteiger partial charge in [-0.3, -0.25) is 0 Å². The van der Waals surface area contributed by atoms with E-state index in [0.29, 0.717) is 28.8 Å². The average molecular weight is 704 g/mol. The Hall–Kier alpha value is -5.91. The molecular formula is C31H33LiN10NaO8+. The number of benzene rings is 3. The first kappa shape index (κ1) is 54.5. The number of anilines is 1. The smallest absolute Gasteiger partial charge is 0.870 e. The van der Waals surface area contributed by atoms with Gasteiger partial charge in [0.05, 0.1) is 30.9 Å². The number of nitrogens with one attached hydrogen (secondary N) is 1. The van der Waals surface area contributed by atoms with Crippen LogP contribution in [-0.4, -0.2) is 59.9 Å². The van der Waals surface area contributed by atoms with Gasteiger partial charge in [0.1, 0.15) is 11.7 Å². The Morgan fingerprint density at radius 2 is 1.22 bits per heavy atom. The molecule has 0 saturated heterocycles. The van der Waals surface area contributed by atoms with Gasteiger partial charge in [0.15, 0.2) is 0 Å². The molecule has 0 aromatic heterocycles. The molecule has 0 radical (unpaired) electrons. The molecule has 0 bridgehead atoms. The summed E-state index contributed by atoms with van der Waals surface area (Å²) < 4.78 is 9.09. The Morgan fingerprint density at radius 1 is 0.824 bits per heavy atom. The van der Waals surface area contributed by atoms with Crippen LogP contribution in [0.15, 0.2) is 82.8 Å². The summed E-state index contributed by atoms with van der Waals surface area (Å²) in [6.45, 7) is 5.89. The first-order chi connectivity index (χ1) is 22.4. The zero-order valence-corrected chi connectivity index (χ0v) is 30.2. The Bertz CT molecular complexity index is 1750. The first-order valence-electron chi connectivity index (χ1n) is 12.8. The Labute approximate surface area is 328 Å². The molecular weight excluding hydrogens is 670 g/mol. The fraction of sp³-hybridized carbons (Fsp3) is 0.129. The molecule has 0 aliphatic rings.